The van der Waals surface area contributed by atoms with Crippen LogP contribution < -0.4 is 15.4 Å². The fourth-order valence-corrected chi connectivity index (χ4v) is 3.77. The summed E-state index contributed by atoms with van der Waals surface area (Å²) in [5.74, 6) is -0.204. The first-order valence-electron chi connectivity index (χ1n) is 7.98. The largest absolute Gasteiger partial charge is 0.427 e. The molecular weight excluding hydrogens is 481 g/mol. The number of amides is 2. The molecule has 0 heterocycles. The van der Waals surface area contributed by atoms with Crippen molar-refractivity contribution in [3.05, 3.63) is 61.5 Å². The Morgan fingerprint density at radius 3 is 2.07 bits per heavy atom. The fourth-order valence-electron chi connectivity index (χ4n) is 2.59. The highest BCUT2D eigenvalue weighted by Gasteiger charge is 2.15. The summed E-state index contributed by atoms with van der Waals surface area (Å²) in [5.41, 5.74) is 0.612. The van der Waals surface area contributed by atoms with Gasteiger partial charge in [0.15, 0.2) is 0 Å². The molecule has 0 saturated heterocycles. The number of carbonyl (C=O) groups is 2. The second-order valence-corrected chi connectivity index (χ2v) is 7.86. The van der Waals surface area contributed by atoms with Gasteiger partial charge in [-0.05, 0) is 36.4 Å². The van der Waals surface area contributed by atoms with E-state index in [1.165, 1.54) is 25.1 Å². The topological polar surface area (TPSA) is 67.4 Å². The van der Waals surface area contributed by atoms with E-state index in [0.29, 0.717) is 21.5 Å². The summed E-state index contributed by atoms with van der Waals surface area (Å²) in [6.45, 7) is 1.28. The predicted octanol–water partition coefficient (Wildman–Crippen LogP) is 7.68. The van der Waals surface area contributed by atoms with Crippen molar-refractivity contribution in [3.8, 4) is 5.75 Å². The number of urea groups is 1. The van der Waals surface area contributed by atoms with Crippen LogP contribution in [0.25, 0.3) is 10.8 Å². The van der Waals surface area contributed by atoms with Gasteiger partial charge in [0.2, 0.25) is 0 Å². The number of nitrogens with one attached hydrogen (secondary N) is 2. The average Bonchev–Trinajstić information content (AvgIpc) is 2.62. The maximum absolute atomic E-state index is 12.5. The maximum Gasteiger partial charge on any atom is 0.323 e. The second-order valence-electron chi connectivity index (χ2n) is 5.85. The highest BCUT2D eigenvalue weighted by Crippen LogP contribution is 2.38. The molecule has 0 aliphatic heterocycles. The first-order valence-corrected chi connectivity index (χ1v) is 9.87. The van der Waals surface area contributed by atoms with Crippen molar-refractivity contribution < 1.29 is 14.3 Å². The zero-order chi connectivity index (χ0) is 21.3. The van der Waals surface area contributed by atoms with Gasteiger partial charge in [0.1, 0.15) is 5.75 Å². The molecule has 10 heteroatoms. The van der Waals surface area contributed by atoms with Gasteiger partial charge in [-0.25, -0.2) is 4.79 Å². The summed E-state index contributed by atoms with van der Waals surface area (Å²) in [6.07, 6.45) is 0. The molecule has 0 spiro atoms. The van der Waals surface area contributed by atoms with E-state index >= 15 is 0 Å². The summed E-state index contributed by atoms with van der Waals surface area (Å²) in [6, 6.07) is 8.61. The normalized spacial score (nSPS) is 10.7. The van der Waals surface area contributed by atoms with E-state index in [1.807, 2.05) is 0 Å². The Morgan fingerprint density at radius 1 is 0.793 bits per heavy atom. The molecule has 0 saturated carbocycles. The van der Waals surface area contributed by atoms with E-state index in [9.17, 15) is 9.59 Å². The van der Waals surface area contributed by atoms with E-state index in [2.05, 4.69) is 10.6 Å². The number of anilines is 2. The molecule has 0 aliphatic carbocycles. The van der Waals surface area contributed by atoms with E-state index < -0.39 is 12.0 Å². The van der Waals surface area contributed by atoms with Gasteiger partial charge in [-0.2, -0.15) is 0 Å². The molecule has 0 radical (unpaired) electrons. The van der Waals surface area contributed by atoms with Gasteiger partial charge in [0.05, 0.1) is 30.8 Å². The molecule has 2 amide bonds. The molecule has 0 atom stereocenters. The van der Waals surface area contributed by atoms with E-state index in [4.69, 9.17) is 62.7 Å². The Hall–Kier alpha value is -1.89. The van der Waals surface area contributed by atoms with Gasteiger partial charge in [-0.1, -0.05) is 58.0 Å². The highest BCUT2D eigenvalue weighted by molar-refractivity contribution is 6.48. The molecule has 3 rings (SSSR count). The Bertz CT molecular complexity index is 1130. The molecule has 0 bridgehead atoms. The van der Waals surface area contributed by atoms with Gasteiger partial charge in [0, 0.05) is 23.4 Å². The lowest BCUT2D eigenvalue weighted by Crippen LogP contribution is -2.20. The molecule has 5 nitrogen and oxygen atoms in total. The van der Waals surface area contributed by atoms with Crippen molar-refractivity contribution in [2.24, 2.45) is 0 Å². The number of fused-ring (bicyclic) bond motifs is 1. The van der Waals surface area contributed by atoms with Crippen molar-refractivity contribution in [1.82, 2.24) is 0 Å². The zero-order valence-electron chi connectivity index (χ0n) is 14.6. The highest BCUT2D eigenvalue weighted by atomic mass is 35.5. The van der Waals surface area contributed by atoms with Crippen molar-refractivity contribution in [2.75, 3.05) is 10.6 Å². The van der Waals surface area contributed by atoms with Crippen molar-refractivity contribution in [3.63, 3.8) is 0 Å². The predicted molar refractivity (Wildman–Crippen MR) is 119 cm³/mol. The molecule has 0 unspecified atom stereocenters. The number of carbonyl (C=O) groups excluding carboxylic acids is 2. The summed E-state index contributed by atoms with van der Waals surface area (Å²) < 4.78 is 5.10. The lowest BCUT2D eigenvalue weighted by molar-refractivity contribution is -0.131. The molecule has 29 heavy (non-hydrogen) atoms. The zero-order valence-corrected chi connectivity index (χ0v) is 18.4. The van der Waals surface area contributed by atoms with Crippen LogP contribution in [0.5, 0.6) is 5.75 Å². The molecule has 150 valence electrons. The second kappa shape index (κ2) is 8.86. The SMILES string of the molecule is CC(=O)Oc1ccc2c(Cl)cc(Cl)c(NC(=O)Nc3cc(Cl)c(Cl)c(Cl)c3)c2c1. The number of esters is 1. The average molecular weight is 493 g/mol. The van der Waals surface area contributed by atoms with Crippen LogP contribution in [0.2, 0.25) is 25.1 Å². The Morgan fingerprint density at radius 2 is 1.45 bits per heavy atom. The van der Waals surface area contributed by atoms with Gasteiger partial charge in [0.25, 0.3) is 0 Å². The number of hydrogen-bond acceptors (Lipinski definition) is 3. The number of rotatable bonds is 3. The standard InChI is InChI=1S/C19H11Cl5N2O3/c1-8(27)29-10-2-3-11-12(6-10)18(16(23)7-13(11)20)26-19(28)25-9-4-14(21)17(24)15(22)5-9/h2-7H,1H3,(H2,25,26,28). The van der Waals surface area contributed by atoms with Crippen LogP contribution in [0.1, 0.15) is 6.92 Å². The smallest absolute Gasteiger partial charge is 0.323 e. The van der Waals surface area contributed by atoms with Crippen LogP contribution in [-0.4, -0.2) is 12.0 Å². The lowest BCUT2D eigenvalue weighted by atomic mass is 10.1. The molecule has 3 aromatic rings. The Kier molecular flexibility index (Phi) is 6.66. The third-order valence-electron chi connectivity index (χ3n) is 3.75. The monoisotopic (exact) mass is 490 g/mol. The summed E-state index contributed by atoms with van der Waals surface area (Å²) in [7, 11) is 0. The molecule has 0 aliphatic rings. The van der Waals surface area contributed by atoms with Crippen molar-refractivity contribution >= 4 is 92.2 Å². The Labute approximate surface area is 190 Å². The first-order chi connectivity index (χ1) is 13.7. The van der Waals surface area contributed by atoms with Crippen molar-refractivity contribution in [2.45, 2.75) is 6.92 Å². The van der Waals surface area contributed by atoms with Crippen molar-refractivity contribution in [1.29, 1.82) is 0 Å². The minimum absolute atomic E-state index is 0.184. The number of ether oxygens (including phenoxy) is 1. The molecule has 3 aromatic carbocycles. The van der Waals surface area contributed by atoms with E-state index in [-0.39, 0.29) is 31.5 Å². The van der Waals surface area contributed by atoms with Gasteiger partial charge in [-0.15, -0.1) is 0 Å². The number of hydrogen-bond donors (Lipinski definition) is 2. The van der Waals surface area contributed by atoms with Crippen LogP contribution in [0.3, 0.4) is 0 Å². The summed E-state index contributed by atoms with van der Waals surface area (Å²) >= 11 is 30.4. The van der Waals surface area contributed by atoms with Crippen LogP contribution in [0.15, 0.2) is 36.4 Å². The minimum atomic E-state index is -0.608. The Balaban J connectivity index is 1.96. The van der Waals surface area contributed by atoms with Crippen LogP contribution >= 0.6 is 58.0 Å². The number of halogens is 5. The summed E-state index contributed by atoms with van der Waals surface area (Å²) in [4.78, 5) is 23.8. The van der Waals surface area contributed by atoms with Crippen LogP contribution in [0, 0.1) is 0 Å². The molecular formula is C19H11Cl5N2O3. The van der Waals surface area contributed by atoms with E-state index in [1.54, 1.807) is 18.2 Å². The molecule has 0 aromatic heterocycles. The van der Waals surface area contributed by atoms with Crippen LogP contribution in [0.4, 0.5) is 16.2 Å². The third-order valence-corrected chi connectivity index (χ3v) is 5.56. The van der Waals surface area contributed by atoms with Gasteiger partial charge >= 0.3 is 12.0 Å². The van der Waals surface area contributed by atoms with E-state index in [0.717, 1.165) is 0 Å². The quantitative estimate of drug-likeness (QED) is 0.224. The fraction of sp³-hybridized carbons (Fsp3) is 0.0526. The molecule has 0 fully saturated rings. The minimum Gasteiger partial charge on any atom is -0.427 e. The first kappa shape index (κ1) is 21.8. The lowest BCUT2D eigenvalue weighted by Gasteiger charge is -2.14. The van der Waals surface area contributed by atoms with Crippen LogP contribution in [-0.2, 0) is 4.79 Å². The van der Waals surface area contributed by atoms with Gasteiger partial charge in [-0.3, -0.25) is 4.79 Å². The summed E-state index contributed by atoms with van der Waals surface area (Å²) in [5, 5.41) is 7.50. The third kappa shape index (κ3) is 5.00. The maximum atomic E-state index is 12.5. The number of benzene rings is 3. The molecule has 2 N–H and O–H groups in total. The van der Waals surface area contributed by atoms with Gasteiger partial charge < -0.3 is 15.4 Å².